The van der Waals surface area contributed by atoms with Crippen molar-refractivity contribution < 1.29 is 9.42 Å². The number of anilines is 1. The van der Waals surface area contributed by atoms with Gasteiger partial charge in [0.15, 0.2) is 5.52 Å². The Kier molecular flexibility index (Phi) is 3.88. The lowest BCUT2D eigenvalue weighted by Crippen LogP contribution is -2.42. The van der Waals surface area contributed by atoms with Crippen molar-refractivity contribution >= 4 is 22.6 Å². The molecule has 1 aromatic heterocycles. The number of hydrogen-bond donors (Lipinski definition) is 1. The fourth-order valence-electron chi connectivity index (χ4n) is 3.22. The zero-order chi connectivity index (χ0) is 14.8. The molecule has 0 aliphatic carbocycles. The lowest BCUT2D eigenvalue weighted by molar-refractivity contribution is -0.117. The Labute approximate surface area is 123 Å². The minimum absolute atomic E-state index is 0.0215. The predicted molar refractivity (Wildman–Crippen MR) is 79.8 cm³/mol. The van der Waals surface area contributed by atoms with Crippen LogP contribution in [0.4, 0.5) is 5.69 Å². The fourth-order valence-corrected chi connectivity index (χ4v) is 3.22. The maximum atomic E-state index is 12.2. The molecule has 1 aliphatic heterocycles. The van der Waals surface area contributed by atoms with Crippen molar-refractivity contribution in [2.45, 2.75) is 20.3 Å². The van der Waals surface area contributed by atoms with Gasteiger partial charge in [0.2, 0.25) is 5.91 Å². The van der Waals surface area contributed by atoms with Crippen molar-refractivity contribution in [2.24, 2.45) is 11.8 Å². The van der Waals surface area contributed by atoms with Crippen LogP contribution in [-0.2, 0) is 4.79 Å². The second-order valence-corrected chi connectivity index (χ2v) is 6.13. The zero-order valence-corrected chi connectivity index (χ0v) is 12.4. The standard InChI is InChI=1S/C15H20N4O2/c1-10-6-11(2)8-19(7-10)9-14(20)16-12-4-3-5-13-15(12)18-21-17-13/h3-5,10-11H,6-9H2,1-2H3,(H,16,20)/t10-,11-/m1/s1. The number of hydrogen-bond acceptors (Lipinski definition) is 5. The third-order valence-corrected chi connectivity index (χ3v) is 3.87. The second-order valence-electron chi connectivity index (χ2n) is 6.13. The molecular formula is C15H20N4O2. The first-order valence-corrected chi connectivity index (χ1v) is 7.35. The van der Waals surface area contributed by atoms with Gasteiger partial charge >= 0.3 is 0 Å². The predicted octanol–water partition coefficient (Wildman–Crippen LogP) is 2.14. The topological polar surface area (TPSA) is 71.3 Å². The number of carbonyl (C=O) groups excluding carboxylic acids is 1. The molecule has 2 heterocycles. The van der Waals surface area contributed by atoms with E-state index in [-0.39, 0.29) is 5.91 Å². The van der Waals surface area contributed by atoms with E-state index >= 15 is 0 Å². The average molecular weight is 288 g/mol. The molecule has 1 fully saturated rings. The number of amides is 1. The molecule has 6 heteroatoms. The van der Waals surface area contributed by atoms with Crippen LogP contribution in [0.5, 0.6) is 0 Å². The molecule has 1 amide bonds. The summed E-state index contributed by atoms with van der Waals surface area (Å²) in [6.07, 6.45) is 1.24. The number of piperidine rings is 1. The van der Waals surface area contributed by atoms with Crippen LogP contribution in [0.2, 0.25) is 0 Å². The van der Waals surface area contributed by atoms with E-state index in [0.29, 0.717) is 35.1 Å². The van der Waals surface area contributed by atoms with Gasteiger partial charge in [-0.15, -0.1) is 0 Å². The van der Waals surface area contributed by atoms with Crippen molar-refractivity contribution in [3.63, 3.8) is 0 Å². The number of likely N-dealkylation sites (tertiary alicyclic amines) is 1. The Bertz CT molecular complexity index is 629. The van der Waals surface area contributed by atoms with Gasteiger partial charge in [0.1, 0.15) is 5.52 Å². The summed E-state index contributed by atoms with van der Waals surface area (Å²) in [5, 5.41) is 10.5. The summed E-state index contributed by atoms with van der Waals surface area (Å²) in [5.41, 5.74) is 1.89. The summed E-state index contributed by atoms with van der Waals surface area (Å²) in [6, 6.07) is 5.44. The van der Waals surface area contributed by atoms with E-state index in [2.05, 4.69) is 34.4 Å². The van der Waals surface area contributed by atoms with Crippen molar-refractivity contribution in [2.75, 3.05) is 25.0 Å². The van der Waals surface area contributed by atoms with Crippen LogP contribution < -0.4 is 5.32 Å². The molecule has 0 unspecified atom stereocenters. The summed E-state index contributed by atoms with van der Waals surface area (Å²) in [6.45, 7) is 6.85. The van der Waals surface area contributed by atoms with Gasteiger partial charge in [-0.3, -0.25) is 9.69 Å². The molecule has 0 bridgehead atoms. The molecule has 2 aromatic rings. The largest absolute Gasteiger partial charge is 0.323 e. The lowest BCUT2D eigenvalue weighted by atomic mass is 9.92. The number of nitrogens with zero attached hydrogens (tertiary/aromatic N) is 3. The first kappa shape index (κ1) is 14.0. The van der Waals surface area contributed by atoms with E-state index in [1.165, 1.54) is 6.42 Å². The highest BCUT2D eigenvalue weighted by Gasteiger charge is 2.23. The van der Waals surface area contributed by atoms with Gasteiger partial charge in [-0.1, -0.05) is 19.9 Å². The SMILES string of the molecule is C[C@@H]1C[C@@H](C)CN(CC(=O)Nc2cccc3nonc23)C1. The highest BCUT2D eigenvalue weighted by Crippen LogP contribution is 2.22. The summed E-state index contributed by atoms with van der Waals surface area (Å²) in [4.78, 5) is 14.4. The van der Waals surface area contributed by atoms with Gasteiger partial charge in [-0.2, -0.15) is 0 Å². The van der Waals surface area contributed by atoms with Gasteiger partial charge in [0.25, 0.3) is 0 Å². The van der Waals surface area contributed by atoms with Crippen LogP contribution in [0.1, 0.15) is 20.3 Å². The number of rotatable bonds is 3. The Morgan fingerprint density at radius 3 is 2.86 bits per heavy atom. The first-order chi connectivity index (χ1) is 10.1. The Hall–Kier alpha value is -1.95. The van der Waals surface area contributed by atoms with Crippen LogP contribution >= 0.6 is 0 Å². The number of aromatic nitrogens is 2. The molecule has 3 rings (SSSR count). The van der Waals surface area contributed by atoms with E-state index in [9.17, 15) is 4.79 Å². The number of benzene rings is 1. The van der Waals surface area contributed by atoms with Crippen LogP contribution in [0.15, 0.2) is 22.8 Å². The fraction of sp³-hybridized carbons (Fsp3) is 0.533. The smallest absolute Gasteiger partial charge is 0.238 e. The van der Waals surface area contributed by atoms with Crippen molar-refractivity contribution in [3.05, 3.63) is 18.2 Å². The van der Waals surface area contributed by atoms with E-state index in [0.717, 1.165) is 13.1 Å². The van der Waals surface area contributed by atoms with E-state index in [1.807, 2.05) is 12.1 Å². The molecule has 0 radical (unpaired) electrons. The molecule has 21 heavy (non-hydrogen) atoms. The lowest BCUT2D eigenvalue weighted by Gasteiger charge is -2.34. The summed E-state index contributed by atoms with van der Waals surface area (Å²) >= 11 is 0. The molecule has 112 valence electrons. The molecule has 1 aromatic carbocycles. The Balaban J connectivity index is 1.65. The molecule has 0 saturated carbocycles. The number of carbonyl (C=O) groups is 1. The summed E-state index contributed by atoms with van der Waals surface area (Å²) in [7, 11) is 0. The van der Waals surface area contributed by atoms with Crippen molar-refractivity contribution in [1.29, 1.82) is 0 Å². The van der Waals surface area contributed by atoms with Gasteiger partial charge in [0, 0.05) is 13.1 Å². The summed E-state index contributed by atoms with van der Waals surface area (Å²) < 4.78 is 4.70. The normalized spacial score (nSPS) is 23.3. The first-order valence-electron chi connectivity index (χ1n) is 7.35. The molecule has 1 saturated heterocycles. The van der Waals surface area contributed by atoms with Crippen LogP contribution in [0.25, 0.3) is 11.0 Å². The second kappa shape index (κ2) is 5.81. The van der Waals surface area contributed by atoms with Crippen LogP contribution in [-0.4, -0.2) is 40.8 Å². The number of nitrogens with one attached hydrogen (secondary N) is 1. The van der Waals surface area contributed by atoms with Gasteiger partial charge in [-0.25, -0.2) is 4.63 Å². The average Bonchev–Trinajstić information content (AvgIpc) is 2.86. The molecule has 6 nitrogen and oxygen atoms in total. The maximum absolute atomic E-state index is 12.2. The third kappa shape index (κ3) is 3.21. The molecule has 1 N–H and O–H groups in total. The van der Waals surface area contributed by atoms with Crippen LogP contribution in [0, 0.1) is 11.8 Å². The Morgan fingerprint density at radius 1 is 1.33 bits per heavy atom. The third-order valence-electron chi connectivity index (χ3n) is 3.87. The molecular weight excluding hydrogens is 268 g/mol. The molecule has 2 atom stereocenters. The van der Waals surface area contributed by atoms with Gasteiger partial charge in [-0.05, 0) is 40.7 Å². The highest BCUT2D eigenvalue weighted by atomic mass is 16.6. The highest BCUT2D eigenvalue weighted by molar-refractivity contribution is 5.99. The zero-order valence-electron chi connectivity index (χ0n) is 12.4. The quantitative estimate of drug-likeness (QED) is 0.937. The number of fused-ring (bicyclic) bond motifs is 1. The van der Waals surface area contributed by atoms with Crippen molar-refractivity contribution in [1.82, 2.24) is 15.2 Å². The molecule has 0 spiro atoms. The maximum Gasteiger partial charge on any atom is 0.238 e. The monoisotopic (exact) mass is 288 g/mol. The minimum atomic E-state index is -0.0215. The van der Waals surface area contributed by atoms with Crippen LogP contribution in [0.3, 0.4) is 0 Å². The van der Waals surface area contributed by atoms with E-state index < -0.39 is 0 Å². The van der Waals surface area contributed by atoms with Gasteiger partial charge in [0.05, 0.1) is 12.2 Å². The molecule has 1 aliphatic rings. The minimum Gasteiger partial charge on any atom is -0.323 e. The van der Waals surface area contributed by atoms with E-state index in [1.54, 1.807) is 6.07 Å². The van der Waals surface area contributed by atoms with Crippen molar-refractivity contribution in [3.8, 4) is 0 Å². The van der Waals surface area contributed by atoms with E-state index in [4.69, 9.17) is 4.63 Å². The summed E-state index contributed by atoms with van der Waals surface area (Å²) in [5.74, 6) is 1.27. The Morgan fingerprint density at radius 2 is 2.10 bits per heavy atom. The van der Waals surface area contributed by atoms with Gasteiger partial charge < -0.3 is 5.32 Å².